The van der Waals surface area contributed by atoms with Gasteiger partial charge in [0.1, 0.15) is 0 Å². The van der Waals surface area contributed by atoms with E-state index in [2.05, 4.69) is 20.8 Å². The van der Waals surface area contributed by atoms with Gasteiger partial charge in [-0.2, -0.15) is 0 Å². The van der Waals surface area contributed by atoms with Crippen LogP contribution >= 0.6 is 0 Å². The van der Waals surface area contributed by atoms with Crippen LogP contribution in [0.3, 0.4) is 0 Å². The minimum atomic E-state index is -2.24. The Morgan fingerprint density at radius 1 is 1.00 bits per heavy atom. The average molecular weight is 261 g/mol. The van der Waals surface area contributed by atoms with Gasteiger partial charge in [0.05, 0.1) is 0 Å². The van der Waals surface area contributed by atoms with Crippen LogP contribution in [0.2, 0.25) is 15.8 Å². The van der Waals surface area contributed by atoms with Crippen LogP contribution in [0.1, 0.15) is 47.0 Å². The molecule has 3 heteroatoms. The molecule has 0 aliphatic heterocycles. The number of carbonyl (C=O) groups is 1. The SMILES string of the molecule is CC[CH2][Ge]([CH2]CC)([CH2]CC)[O]C(C)=O. The average Bonchev–Trinajstić information content (AvgIpc) is 2.03. The number of hydrogen-bond acceptors (Lipinski definition) is 2. The van der Waals surface area contributed by atoms with E-state index in [0.29, 0.717) is 0 Å². The van der Waals surface area contributed by atoms with E-state index in [4.69, 9.17) is 3.76 Å². The van der Waals surface area contributed by atoms with Crippen LogP contribution in [0.15, 0.2) is 0 Å². The van der Waals surface area contributed by atoms with Crippen LogP contribution in [-0.2, 0) is 8.56 Å². The second-order valence-corrected chi connectivity index (χ2v) is 12.6. The van der Waals surface area contributed by atoms with Crippen molar-refractivity contribution in [3.05, 3.63) is 0 Å². The van der Waals surface area contributed by atoms with Crippen molar-refractivity contribution < 1.29 is 8.56 Å². The van der Waals surface area contributed by atoms with Gasteiger partial charge >= 0.3 is 90.8 Å². The van der Waals surface area contributed by atoms with Crippen molar-refractivity contribution in [2.45, 2.75) is 62.7 Å². The van der Waals surface area contributed by atoms with E-state index in [0.717, 1.165) is 19.3 Å². The minimum absolute atomic E-state index is 0.0552. The molecule has 0 aromatic heterocycles. The molecule has 0 atom stereocenters. The molecule has 0 amide bonds. The molecule has 0 N–H and O–H groups in total. The molecule has 0 saturated heterocycles. The zero-order valence-electron chi connectivity index (χ0n) is 10.1. The third kappa shape index (κ3) is 5.03. The van der Waals surface area contributed by atoms with Crippen LogP contribution in [0.25, 0.3) is 0 Å². The molecule has 0 spiro atoms. The van der Waals surface area contributed by atoms with E-state index in [1.165, 1.54) is 15.8 Å². The van der Waals surface area contributed by atoms with Crippen LogP contribution in [0.5, 0.6) is 0 Å². The first-order chi connectivity index (χ1) is 6.60. The van der Waals surface area contributed by atoms with Gasteiger partial charge in [-0.1, -0.05) is 0 Å². The van der Waals surface area contributed by atoms with Crippen molar-refractivity contribution in [3.63, 3.8) is 0 Å². The van der Waals surface area contributed by atoms with Crippen molar-refractivity contribution in [1.82, 2.24) is 0 Å². The topological polar surface area (TPSA) is 26.3 Å². The molecule has 0 bridgehead atoms. The van der Waals surface area contributed by atoms with Gasteiger partial charge in [0, 0.05) is 0 Å². The molecule has 14 heavy (non-hydrogen) atoms. The summed E-state index contributed by atoms with van der Waals surface area (Å²) in [6, 6.07) is 0. The zero-order valence-corrected chi connectivity index (χ0v) is 12.2. The predicted molar refractivity (Wildman–Crippen MR) is 62.8 cm³/mol. The van der Waals surface area contributed by atoms with Crippen LogP contribution in [0, 0.1) is 0 Å². The summed E-state index contributed by atoms with van der Waals surface area (Å²) in [7, 11) is 0. The van der Waals surface area contributed by atoms with Gasteiger partial charge in [-0.15, -0.1) is 0 Å². The Hall–Kier alpha value is 0.0129. The molecule has 84 valence electrons. The fourth-order valence-electron chi connectivity index (χ4n) is 2.20. The molecule has 2 nitrogen and oxygen atoms in total. The first kappa shape index (κ1) is 14.0. The van der Waals surface area contributed by atoms with Crippen molar-refractivity contribution in [2.75, 3.05) is 0 Å². The standard InChI is InChI=1S/C11H24GeO2/c1-5-8-12(9-6-2,10-7-3)14-11(4)13/h5-10H2,1-4H3. The number of carbonyl (C=O) groups excluding carboxylic acids is 1. The predicted octanol–water partition coefficient (Wildman–Crippen LogP) is 3.73. The summed E-state index contributed by atoms with van der Waals surface area (Å²) in [4.78, 5) is 11.1. The second-order valence-electron chi connectivity index (χ2n) is 4.03. The third-order valence-electron chi connectivity index (χ3n) is 2.48. The van der Waals surface area contributed by atoms with E-state index >= 15 is 0 Å². The van der Waals surface area contributed by atoms with E-state index in [-0.39, 0.29) is 5.97 Å². The van der Waals surface area contributed by atoms with E-state index < -0.39 is 13.6 Å². The maximum atomic E-state index is 11.1. The molecule has 0 aliphatic carbocycles. The summed E-state index contributed by atoms with van der Waals surface area (Å²) in [6.07, 6.45) is 3.48. The van der Waals surface area contributed by atoms with Crippen molar-refractivity contribution >= 4 is 19.6 Å². The van der Waals surface area contributed by atoms with Gasteiger partial charge in [-0.05, 0) is 0 Å². The van der Waals surface area contributed by atoms with E-state index in [1.54, 1.807) is 6.92 Å². The number of hydrogen-bond donors (Lipinski definition) is 0. The molecule has 0 radical (unpaired) electrons. The van der Waals surface area contributed by atoms with Crippen molar-refractivity contribution in [3.8, 4) is 0 Å². The molecule has 0 saturated carbocycles. The summed E-state index contributed by atoms with van der Waals surface area (Å²) in [5.74, 6) is -0.0552. The molecule has 0 heterocycles. The van der Waals surface area contributed by atoms with Gasteiger partial charge in [0.15, 0.2) is 0 Å². The molecule has 0 aliphatic rings. The summed E-state index contributed by atoms with van der Waals surface area (Å²) >= 11 is -2.24. The van der Waals surface area contributed by atoms with Crippen LogP contribution < -0.4 is 0 Å². The Balaban J connectivity index is 4.45. The van der Waals surface area contributed by atoms with Crippen molar-refractivity contribution in [2.24, 2.45) is 0 Å². The summed E-state index contributed by atoms with van der Waals surface area (Å²) in [5, 5.41) is 3.55. The Morgan fingerprint density at radius 3 is 1.57 bits per heavy atom. The van der Waals surface area contributed by atoms with E-state index in [1.807, 2.05) is 0 Å². The molecule has 0 aromatic rings. The first-order valence-corrected chi connectivity index (χ1v) is 11.1. The van der Waals surface area contributed by atoms with Gasteiger partial charge < -0.3 is 0 Å². The zero-order chi connectivity index (χ0) is 11.0. The van der Waals surface area contributed by atoms with Gasteiger partial charge in [0.2, 0.25) is 0 Å². The van der Waals surface area contributed by atoms with Crippen molar-refractivity contribution in [1.29, 1.82) is 0 Å². The van der Waals surface area contributed by atoms with E-state index in [9.17, 15) is 4.79 Å². The van der Waals surface area contributed by atoms with Crippen LogP contribution in [0.4, 0.5) is 0 Å². The number of rotatable bonds is 7. The molecule has 0 rings (SSSR count). The molecular weight excluding hydrogens is 237 g/mol. The molecular formula is C11H24GeO2. The molecule has 0 aromatic carbocycles. The summed E-state index contributed by atoms with van der Waals surface area (Å²) in [5.41, 5.74) is 0. The third-order valence-corrected chi connectivity index (χ3v) is 12.9. The quantitative estimate of drug-likeness (QED) is 0.652. The second kappa shape index (κ2) is 7.32. The first-order valence-electron chi connectivity index (χ1n) is 5.79. The molecule has 0 unspecified atom stereocenters. The fraction of sp³-hybridized carbons (Fsp3) is 0.909. The normalized spacial score (nSPS) is 11.4. The van der Waals surface area contributed by atoms with Crippen LogP contribution in [-0.4, -0.2) is 19.6 Å². The Kier molecular flexibility index (Phi) is 7.33. The Bertz CT molecular complexity index is 152. The fourth-order valence-corrected chi connectivity index (χ4v) is 11.4. The molecule has 0 fully saturated rings. The summed E-state index contributed by atoms with van der Waals surface area (Å²) < 4.78 is 5.71. The van der Waals surface area contributed by atoms with Gasteiger partial charge in [0.25, 0.3) is 0 Å². The monoisotopic (exact) mass is 262 g/mol. The van der Waals surface area contributed by atoms with Gasteiger partial charge in [-0.3, -0.25) is 0 Å². The Labute approximate surface area is 91.1 Å². The summed E-state index contributed by atoms with van der Waals surface area (Å²) in [6.45, 7) is 8.12. The van der Waals surface area contributed by atoms with Gasteiger partial charge in [-0.25, -0.2) is 0 Å². The maximum absolute atomic E-state index is 11.1. The Morgan fingerprint density at radius 2 is 1.36 bits per heavy atom.